The van der Waals surface area contributed by atoms with Crippen molar-refractivity contribution in [3.63, 3.8) is 0 Å². The first-order valence-electron chi connectivity index (χ1n) is 40.8. The molecule has 119 heavy (non-hydrogen) atoms. The molecule has 7 rings (SSSR count). The van der Waals surface area contributed by atoms with Crippen molar-refractivity contribution in [2.75, 3.05) is 39.6 Å². The topological polar surface area (TPSA) is 580 Å². The minimum absolute atomic E-state index is 0.00290. The molecule has 0 amide bonds. The van der Waals surface area contributed by atoms with E-state index >= 15 is 0 Å². The molecule has 0 aliphatic carbocycles. The average molecular weight is 1710 g/mol. The highest BCUT2D eigenvalue weighted by Gasteiger charge is 2.57. The number of hydrogen-bond donors (Lipinski definition) is 21. The fourth-order valence-electron chi connectivity index (χ4n) is 14.6. The third-order valence-corrected chi connectivity index (χ3v) is 22.9. The molecular formula is C82H134O37. The number of esters is 1. The van der Waals surface area contributed by atoms with Gasteiger partial charge in [0, 0.05) is 5.57 Å². The van der Waals surface area contributed by atoms with Crippen molar-refractivity contribution in [2.45, 2.75) is 372 Å². The van der Waals surface area contributed by atoms with Gasteiger partial charge in [-0.1, -0.05) is 76.5 Å². The number of aliphatic hydroxyl groups excluding tert-OH is 21. The van der Waals surface area contributed by atoms with Crippen molar-refractivity contribution in [1.29, 1.82) is 0 Å². The molecule has 7 heterocycles. The first kappa shape index (κ1) is 102. The van der Waals surface area contributed by atoms with Crippen LogP contribution in [0.4, 0.5) is 0 Å². The number of carbonyl (C=O) groups is 1. The van der Waals surface area contributed by atoms with E-state index in [0.29, 0.717) is 64.2 Å². The molecule has 37 heteroatoms. The second-order valence-electron chi connectivity index (χ2n) is 32.7. The van der Waals surface area contributed by atoms with Crippen molar-refractivity contribution in [2.24, 2.45) is 0 Å². The van der Waals surface area contributed by atoms with Crippen LogP contribution >= 0.6 is 0 Å². The number of carbonyl (C=O) groups excluding carboxylic acids is 1. The second kappa shape index (κ2) is 47.5. The zero-order valence-electron chi connectivity index (χ0n) is 69.4. The second-order valence-corrected chi connectivity index (χ2v) is 32.7. The lowest BCUT2D eigenvalue weighted by atomic mass is 9.95. The SMILES string of the molecule is C=C[C@](C)(CC/C=C(\C)CC/C=C(\C)CC/C=C(/C)CO[C@@H]1O[C@@H](C)[C@H](O)[C@@H](O[C@@H]2O[C@H](CO[C@@H]3O[C@@H](C)[C@H](O)[C@@H](OC(=O)/C(C)=C/CC/C(C)=C/CC/C(C)=C/CC[C@@](C)(C=C)O[C@@H]4O[C@H](CO)[C@@H](O)[C@H](O)[C@H]4O[C@@H]4O[C@H](CO)[C@@H](O)[C@H](O)[C@H]4O)[C@H]3O)[C@@H](O)[C@H](O)[C@H]2O)[C@H]1O)O[C@@H]1O[C@H](CO)[C@@H](O)[C@H](O)[C@H]1O[C@@H]1O[C@H](CO)[C@@H](O)[C@H](O)[C@H]1O. The molecule has 684 valence electrons. The van der Waals surface area contributed by atoms with Gasteiger partial charge >= 0.3 is 5.97 Å². The molecule has 0 radical (unpaired) electrons. The molecule has 0 aromatic rings. The normalized spacial score (nSPS) is 41.1. The number of allylic oxidation sites excluding steroid dienone is 10. The van der Waals surface area contributed by atoms with Crippen molar-refractivity contribution in [3.8, 4) is 0 Å². The molecule has 7 aliphatic rings. The summed E-state index contributed by atoms with van der Waals surface area (Å²) in [5.74, 6) is -0.844. The monoisotopic (exact) mass is 1710 g/mol. The van der Waals surface area contributed by atoms with E-state index in [1.54, 1.807) is 19.9 Å². The molecule has 37 nitrogen and oxygen atoms in total. The fourth-order valence-corrected chi connectivity index (χ4v) is 14.6. The van der Waals surface area contributed by atoms with Crippen LogP contribution in [0.5, 0.6) is 0 Å². The van der Waals surface area contributed by atoms with Crippen LogP contribution in [0.15, 0.2) is 95.2 Å². The van der Waals surface area contributed by atoms with E-state index in [9.17, 15) is 112 Å². The Morgan fingerprint density at radius 2 is 0.647 bits per heavy atom. The predicted octanol–water partition coefficient (Wildman–Crippen LogP) is -2.41. The van der Waals surface area contributed by atoms with Gasteiger partial charge in [0.15, 0.2) is 50.1 Å². The maximum Gasteiger partial charge on any atom is 0.333 e. The zero-order valence-corrected chi connectivity index (χ0v) is 69.4. The van der Waals surface area contributed by atoms with Crippen LogP contribution in [0, 0.1) is 0 Å². The van der Waals surface area contributed by atoms with Crippen LogP contribution in [0.1, 0.15) is 146 Å². The van der Waals surface area contributed by atoms with E-state index < -0.39 is 265 Å². The van der Waals surface area contributed by atoms with Crippen LogP contribution in [0.2, 0.25) is 0 Å². The summed E-state index contributed by atoms with van der Waals surface area (Å²) in [4.78, 5) is 13.5. The minimum Gasteiger partial charge on any atom is -0.453 e. The molecule has 7 aliphatic heterocycles. The van der Waals surface area contributed by atoms with Gasteiger partial charge in [-0.3, -0.25) is 0 Å². The number of ether oxygens (including phenoxy) is 15. The molecule has 0 bridgehead atoms. The van der Waals surface area contributed by atoms with Gasteiger partial charge in [-0.2, -0.15) is 0 Å². The van der Waals surface area contributed by atoms with Gasteiger partial charge in [0.05, 0.1) is 63.1 Å². The summed E-state index contributed by atoms with van der Waals surface area (Å²) >= 11 is 0. The maximum atomic E-state index is 13.5. The van der Waals surface area contributed by atoms with Crippen molar-refractivity contribution >= 4 is 5.97 Å². The highest BCUT2D eigenvalue weighted by Crippen LogP contribution is 2.38. The van der Waals surface area contributed by atoms with Crippen LogP contribution in [0.3, 0.4) is 0 Å². The zero-order chi connectivity index (χ0) is 88.2. The van der Waals surface area contributed by atoms with Crippen molar-refractivity contribution < 1.29 is 183 Å². The Morgan fingerprint density at radius 1 is 0.336 bits per heavy atom. The lowest BCUT2D eigenvalue weighted by Gasteiger charge is -2.47. The van der Waals surface area contributed by atoms with Crippen LogP contribution in [0.25, 0.3) is 0 Å². The van der Waals surface area contributed by atoms with E-state index in [1.807, 2.05) is 52.8 Å². The first-order valence-corrected chi connectivity index (χ1v) is 40.8. The molecule has 21 N–H and O–H groups in total. The molecule has 37 atom stereocenters. The molecule has 0 unspecified atom stereocenters. The van der Waals surface area contributed by atoms with Gasteiger partial charge < -0.3 is 178 Å². The third-order valence-electron chi connectivity index (χ3n) is 22.9. The van der Waals surface area contributed by atoms with Crippen LogP contribution in [-0.2, 0) is 75.8 Å². The van der Waals surface area contributed by atoms with Gasteiger partial charge in [-0.25, -0.2) is 4.79 Å². The summed E-state index contributed by atoms with van der Waals surface area (Å²) < 4.78 is 87.8. The van der Waals surface area contributed by atoms with Gasteiger partial charge in [0.25, 0.3) is 0 Å². The minimum atomic E-state index is -1.93. The Labute approximate surface area is 693 Å². The van der Waals surface area contributed by atoms with E-state index in [4.69, 9.17) is 71.1 Å². The van der Waals surface area contributed by atoms with Gasteiger partial charge in [-0.05, 0) is 146 Å². The standard InChI is InChI=1S/C82H134O37/c1-13-81(11,118-79-71(62(97)56(91)49(35-85)111-79)116-76-64(99)59(94)54(89)47(33-83)109-76)31-19-28-41(5)23-15-21-39(3)25-17-27-43(7)37-105-74-68(103)70(53(88)46(10)107-74)115-78-66(101)61(96)58(93)51(113-78)38-106-75-67(102)69(52(87)45(9)108-75)114-73(104)44(8)30-18-26-40(4)22-16-24-42(6)29-20-32-82(12,14-2)119-80-72(63(98)57(92)50(36-86)112-80)117-77-65(100)60(95)55(90)48(34-84)110-77/h13-14,21-22,27-30,45-72,74-80,83-103H,1-2,15-20,23-26,31-38H2,3-12H3/b39-21+,40-22+,41-28+,42-29+,43-27-,44-30+/t45-,46-,47+,48+,49+,50+,51+,52-,53-,54+,55+,56+,57+,58+,59-,60-,61-,62-,63-,64+,65+,66+,67+,68+,69+,70+,71+,72+,74+,75+,76-,77-,78-,79-,80-,81+,82+/m0/s1. The van der Waals surface area contributed by atoms with Crippen LogP contribution in [-0.4, -0.2) is 379 Å². The summed E-state index contributed by atoms with van der Waals surface area (Å²) in [6, 6.07) is 0. The highest BCUT2D eigenvalue weighted by atomic mass is 16.8. The lowest BCUT2D eigenvalue weighted by molar-refractivity contribution is -0.375. The number of rotatable bonds is 42. The Balaban J connectivity index is 0.820. The predicted molar refractivity (Wildman–Crippen MR) is 416 cm³/mol. The molecule has 7 fully saturated rings. The van der Waals surface area contributed by atoms with Crippen molar-refractivity contribution in [3.05, 3.63) is 95.2 Å². The molecule has 7 saturated heterocycles. The van der Waals surface area contributed by atoms with E-state index in [-0.39, 0.29) is 12.2 Å². The Bertz CT molecular complexity index is 3300. The Hall–Kier alpha value is -4.01. The summed E-state index contributed by atoms with van der Waals surface area (Å²) in [5, 5.41) is 224. The van der Waals surface area contributed by atoms with Crippen molar-refractivity contribution in [1.82, 2.24) is 0 Å². The summed E-state index contributed by atoms with van der Waals surface area (Å²) in [7, 11) is 0. The largest absolute Gasteiger partial charge is 0.453 e. The summed E-state index contributed by atoms with van der Waals surface area (Å²) in [5.41, 5.74) is 2.99. The van der Waals surface area contributed by atoms with E-state index in [2.05, 4.69) is 25.3 Å². The summed E-state index contributed by atoms with van der Waals surface area (Å²) in [6.07, 6.45) is -34.0. The molecule has 0 aromatic carbocycles. The van der Waals surface area contributed by atoms with Gasteiger partial charge in [-0.15, -0.1) is 13.2 Å². The van der Waals surface area contributed by atoms with Gasteiger partial charge in [0.1, 0.15) is 153 Å². The smallest absolute Gasteiger partial charge is 0.333 e. The number of aliphatic hydroxyl groups is 21. The Kier molecular flexibility index (Phi) is 40.8. The van der Waals surface area contributed by atoms with E-state index in [1.165, 1.54) is 32.9 Å². The molecule has 0 aromatic heterocycles. The van der Waals surface area contributed by atoms with E-state index in [0.717, 1.165) is 40.7 Å². The number of hydrogen-bond acceptors (Lipinski definition) is 37. The quantitative estimate of drug-likeness (QED) is 0.0172. The summed E-state index contributed by atoms with van der Waals surface area (Å²) in [6.45, 7) is 22.0. The first-order chi connectivity index (χ1) is 56.2. The third kappa shape index (κ3) is 27.5. The molecular weight excluding hydrogens is 1580 g/mol. The lowest BCUT2D eigenvalue weighted by Crippen LogP contribution is -2.65. The fraction of sp³-hybridized carbons (Fsp3) is 0.793. The Morgan fingerprint density at radius 3 is 1.03 bits per heavy atom. The maximum absolute atomic E-state index is 13.5. The average Bonchev–Trinajstić information content (AvgIpc) is 0.787. The van der Waals surface area contributed by atoms with Gasteiger partial charge in [0.2, 0.25) is 0 Å². The molecule has 0 saturated carbocycles. The highest BCUT2D eigenvalue weighted by molar-refractivity contribution is 5.87. The van der Waals surface area contributed by atoms with Crippen LogP contribution < -0.4 is 0 Å². The molecule has 0 spiro atoms.